The van der Waals surface area contributed by atoms with Gasteiger partial charge < -0.3 is 10.4 Å². The van der Waals surface area contributed by atoms with Crippen molar-refractivity contribution >= 4 is 0 Å². The lowest BCUT2D eigenvalue weighted by Gasteiger charge is -2.22. The molecule has 0 bridgehead atoms. The van der Waals surface area contributed by atoms with E-state index in [4.69, 9.17) is 0 Å². The summed E-state index contributed by atoms with van der Waals surface area (Å²) in [5, 5.41) is 12.9. The molecule has 0 saturated heterocycles. The molecule has 0 aliphatic heterocycles. The van der Waals surface area contributed by atoms with Crippen LogP contribution in [0.3, 0.4) is 0 Å². The first-order chi connectivity index (χ1) is 8.81. The van der Waals surface area contributed by atoms with E-state index in [2.05, 4.69) is 17.2 Å². The lowest BCUT2D eigenvalue weighted by molar-refractivity contribution is 0.235. The second-order valence-corrected chi connectivity index (χ2v) is 4.31. The van der Waals surface area contributed by atoms with Gasteiger partial charge in [0.1, 0.15) is 0 Å². The van der Waals surface area contributed by atoms with Crippen LogP contribution in [-0.2, 0) is 0 Å². The van der Waals surface area contributed by atoms with Crippen LogP contribution in [0.25, 0.3) is 0 Å². The van der Waals surface area contributed by atoms with Crippen LogP contribution in [0.4, 0.5) is 0 Å². The molecule has 0 amide bonds. The number of hydrogen-bond acceptors (Lipinski definition) is 3. The summed E-state index contributed by atoms with van der Waals surface area (Å²) >= 11 is 0. The van der Waals surface area contributed by atoms with E-state index in [0.717, 1.165) is 5.56 Å². The SMILES string of the molecule is CC(N[C@@H](CO)c1ccccc1)c1ccncc1. The maximum absolute atomic E-state index is 9.50. The summed E-state index contributed by atoms with van der Waals surface area (Å²) in [6.45, 7) is 2.17. The molecule has 2 rings (SSSR count). The number of aromatic nitrogens is 1. The molecule has 94 valence electrons. The Morgan fingerprint density at radius 1 is 1.06 bits per heavy atom. The molecule has 2 N–H and O–H groups in total. The fraction of sp³-hybridized carbons (Fsp3) is 0.267. The first-order valence-electron chi connectivity index (χ1n) is 6.13. The quantitative estimate of drug-likeness (QED) is 0.846. The second-order valence-electron chi connectivity index (χ2n) is 4.31. The van der Waals surface area contributed by atoms with Gasteiger partial charge in [0, 0.05) is 18.4 Å². The molecule has 1 aromatic heterocycles. The van der Waals surface area contributed by atoms with Crippen molar-refractivity contribution in [2.24, 2.45) is 0 Å². The van der Waals surface area contributed by atoms with Crippen LogP contribution < -0.4 is 5.32 Å². The predicted molar refractivity (Wildman–Crippen MR) is 72.1 cm³/mol. The molecule has 0 spiro atoms. The van der Waals surface area contributed by atoms with E-state index in [1.165, 1.54) is 5.56 Å². The maximum atomic E-state index is 9.50. The molecule has 0 fully saturated rings. The number of aliphatic hydroxyl groups is 1. The largest absolute Gasteiger partial charge is 0.394 e. The third kappa shape index (κ3) is 3.15. The van der Waals surface area contributed by atoms with Crippen molar-refractivity contribution < 1.29 is 5.11 Å². The first kappa shape index (κ1) is 12.7. The molecule has 1 unspecified atom stereocenters. The smallest absolute Gasteiger partial charge is 0.0626 e. The summed E-state index contributed by atoms with van der Waals surface area (Å²) in [5.74, 6) is 0. The van der Waals surface area contributed by atoms with E-state index in [1.54, 1.807) is 12.4 Å². The van der Waals surface area contributed by atoms with Crippen LogP contribution in [0, 0.1) is 0 Å². The zero-order valence-electron chi connectivity index (χ0n) is 10.5. The number of benzene rings is 1. The fourth-order valence-electron chi connectivity index (χ4n) is 1.99. The minimum atomic E-state index is -0.0469. The van der Waals surface area contributed by atoms with Gasteiger partial charge in [-0.2, -0.15) is 0 Å². The highest BCUT2D eigenvalue weighted by atomic mass is 16.3. The summed E-state index contributed by atoms with van der Waals surface area (Å²) in [7, 11) is 0. The van der Waals surface area contributed by atoms with E-state index >= 15 is 0 Å². The summed E-state index contributed by atoms with van der Waals surface area (Å²) in [4.78, 5) is 4.01. The zero-order valence-corrected chi connectivity index (χ0v) is 10.5. The molecular weight excluding hydrogens is 224 g/mol. The molecule has 1 aromatic carbocycles. The first-order valence-corrected chi connectivity index (χ1v) is 6.13. The number of pyridine rings is 1. The number of rotatable bonds is 5. The predicted octanol–water partition coefficient (Wildman–Crippen LogP) is 2.47. The van der Waals surface area contributed by atoms with Gasteiger partial charge in [0.05, 0.1) is 12.6 Å². The standard InChI is InChI=1S/C15H18N2O/c1-12(13-7-9-16-10-8-13)17-15(11-18)14-5-3-2-4-6-14/h2-10,12,15,17-18H,11H2,1H3/t12?,15-/m0/s1. The van der Waals surface area contributed by atoms with Crippen LogP contribution in [0.5, 0.6) is 0 Å². The van der Waals surface area contributed by atoms with Gasteiger partial charge in [-0.3, -0.25) is 4.98 Å². The molecule has 3 heteroatoms. The minimum absolute atomic E-state index is 0.0469. The molecule has 2 atom stereocenters. The van der Waals surface area contributed by atoms with E-state index in [-0.39, 0.29) is 18.7 Å². The van der Waals surface area contributed by atoms with Gasteiger partial charge in [0.2, 0.25) is 0 Å². The number of hydrogen-bond donors (Lipinski definition) is 2. The highest BCUT2D eigenvalue weighted by Crippen LogP contribution is 2.18. The van der Waals surface area contributed by atoms with E-state index in [9.17, 15) is 5.11 Å². The van der Waals surface area contributed by atoms with Crippen molar-refractivity contribution in [2.45, 2.75) is 19.0 Å². The highest BCUT2D eigenvalue weighted by Gasteiger charge is 2.13. The number of aliphatic hydroxyl groups excluding tert-OH is 1. The Balaban J connectivity index is 2.07. The maximum Gasteiger partial charge on any atom is 0.0626 e. The molecule has 3 nitrogen and oxygen atoms in total. The van der Waals surface area contributed by atoms with Gasteiger partial charge in [-0.1, -0.05) is 30.3 Å². The van der Waals surface area contributed by atoms with Crippen LogP contribution >= 0.6 is 0 Å². The van der Waals surface area contributed by atoms with Crippen molar-refractivity contribution in [1.82, 2.24) is 10.3 Å². The van der Waals surface area contributed by atoms with Crippen molar-refractivity contribution in [1.29, 1.82) is 0 Å². The van der Waals surface area contributed by atoms with Crippen molar-refractivity contribution in [3.63, 3.8) is 0 Å². The van der Waals surface area contributed by atoms with Crippen LogP contribution in [0.1, 0.15) is 30.1 Å². The van der Waals surface area contributed by atoms with Gasteiger partial charge in [-0.05, 0) is 30.2 Å². The summed E-state index contributed by atoms with van der Waals surface area (Å²) in [6, 6.07) is 14.1. The Labute approximate surface area is 108 Å². The fourth-order valence-corrected chi connectivity index (χ4v) is 1.99. The molecule has 2 aromatic rings. The van der Waals surface area contributed by atoms with E-state index in [1.807, 2.05) is 42.5 Å². The monoisotopic (exact) mass is 242 g/mol. The topological polar surface area (TPSA) is 45.1 Å². The van der Waals surface area contributed by atoms with Crippen molar-refractivity contribution in [2.75, 3.05) is 6.61 Å². The third-order valence-corrected chi connectivity index (χ3v) is 3.04. The molecular formula is C15H18N2O. The average molecular weight is 242 g/mol. The zero-order chi connectivity index (χ0) is 12.8. The second kappa shape index (κ2) is 6.28. The van der Waals surface area contributed by atoms with E-state index in [0.29, 0.717) is 0 Å². The van der Waals surface area contributed by atoms with Gasteiger partial charge in [-0.15, -0.1) is 0 Å². The van der Waals surface area contributed by atoms with Crippen LogP contribution in [0.15, 0.2) is 54.9 Å². The Morgan fingerprint density at radius 3 is 2.33 bits per heavy atom. The molecule has 0 radical (unpaired) electrons. The molecule has 0 aliphatic rings. The lowest BCUT2D eigenvalue weighted by Crippen LogP contribution is -2.27. The number of nitrogens with one attached hydrogen (secondary N) is 1. The van der Waals surface area contributed by atoms with Gasteiger partial charge in [0.25, 0.3) is 0 Å². The van der Waals surface area contributed by atoms with Crippen LogP contribution in [-0.4, -0.2) is 16.7 Å². The summed E-state index contributed by atoms with van der Waals surface area (Å²) in [5.41, 5.74) is 2.26. The average Bonchev–Trinajstić information content (AvgIpc) is 2.46. The molecule has 0 saturated carbocycles. The molecule has 18 heavy (non-hydrogen) atoms. The minimum Gasteiger partial charge on any atom is -0.394 e. The Kier molecular flexibility index (Phi) is 4.45. The molecule has 1 heterocycles. The Hall–Kier alpha value is -1.71. The Bertz CT molecular complexity index is 458. The van der Waals surface area contributed by atoms with Crippen LogP contribution in [0.2, 0.25) is 0 Å². The number of nitrogens with zero attached hydrogens (tertiary/aromatic N) is 1. The third-order valence-electron chi connectivity index (χ3n) is 3.04. The normalized spacial score (nSPS) is 14.1. The van der Waals surface area contributed by atoms with E-state index < -0.39 is 0 Å². The lowest BCUT2D eigenvalue weighted by atomic mass is 10.0. The molecule has 0 aliphatic carbocycles. The van der Waals surface area contributed by atoms with Gasteiger partial charge in [0.15, 0.2) is 0 Å². The van der Waals surface area contributed by atoms with Crippen molar-refractivity contribution in [3.8, 4) is 0 Å². The summed E-state index contributed by atoms with van der Waals surface area (Å²) in [6.07, 6.45) is 3.56. The van der Waals surface area contributed by atoms with Gasteiger partial charge >= 0.3 is 0 Å². The Morgan fingerprint density at radius 2 is 1.72 bits per heavy atom. The van der Waals surface area contributed by atoms with Gasteiger partial charge in [-0.25, -0.2) is 0 Å². The highest BCUT2D eigenvalue weighted by molar-refractivity contribution is 5.21. The summed E-state index contributed by atoms with van der Waals surface area (Å²) < 4.78 is 0. The van der Waals surface area contributed by atoms with Crippen molar-refractivity contribution in [3.05, 3.63) is 66.0 Å².